The first-order valence-electron chi connectivity index (χ1n) is 12.3. The third kappa shape index (κ3) is 4.96. The molecule has 0 unspecified atom stereocenters. The highest BCUT2D eigenvalue weighted by Gasteiger charge is 2.41. The topological polar surface area (TPSA) is 57.6 Å². The molecule has 186 valence electrons. The van der Waals surface area contributed by atoms with Gasteiger partial charge in [-0.15, -0.1) is 0 Å². The van der Waals surface area contributed by atoms with Crippen molar-refractivity contribution in [3.63, 3.8) is 0 Å². The van der Waals surface area contributed by atoms with E-state index in [1.165, 1.54) is 18.6 Å². The Morgan fingerprint density at radius 3 is 2.51 bits per heavy atom. The summed E-state index contributed by atoms with van der Waals surface area (Å²) < 4.78 is 41.3. The predicted molar refractivity (Wildman–Crippen MR) is 131 cm³/mol. The molecule has 4 nitrogen and oxygen atoms in total. The van der Waals surface area contributed by atoms with Crippen molar-refractivity contribution in [2.24, 2.45) is 5.16 Å². The van der Waals surface area contributed by atoms with Gasteiger partial charge < -0.3 is 14.9 Å². The molecule has 1 aliphatic heterocycles. The molecular formula is C28H31F3N2O2. The van der Waals surface area contributed by atoms with Crippen molar-refractivity contribution in [3.8, 4) is 11.1 Å². The minimum absolute atomic E-state index is 0.150. The highest BCUT2D eigenvalue weighted by atomic mass is 19.4. The van der Waals surface area contributed by atoms with Crippen LogP contribution in [0, 0.1) is 0 Å². The highest BCUT2D eigenvalue weighted by Crippen LogP contribution is 2.41. The number of hydrogen-bond donors (Lipinski definition) is 2. The van der Waals surface area contributed by atoms with Crippen molar-refractivity contribution in [2.45, 2.75) is 82.6 Å². The smallest absolute Gasteiger partial charge is 0.390 e. The van der Waals surface area contributed by atoms with E-state index in [1.54, 1.807) is 26.0 Å². The van der Waals surface area contributed by atoms with Gasteiger partial charge in [0.15, 0.2) is 0 Å². The highest BCUT2D eigenvalue weighted by molar-refractivity contribution is 6.04. The second-order valence-corrected chi connectivity index (χ2v) is 10.7. The Balaban J connectivity index is 1.57. The van der Waals surface area contributed by atoms with Crippen molar-refractivity contribution in [1.82, 2.24) is 4.98 Å². The molecule has 0 saturated heterocycles. The fourth-order valence-corrected chi connectivity index (χ4v) is 5.38. The van der Waals surface area contributed by atoms with Gasteiger partial charge in [-0.3, -0.25) is 0 Å². The lowest BCUT2D eigenvalue weighted by Gasteiger charge is -2.30. The SMILES string of the molecule is CC(C)(O)CCc1cc(-c2ccccc2C(F)(F)F)cc2cc(C3=NOC4(CCCCC4)C3)[nH]c12. The number of hydrogen-bond acceptors (Lipinski definition) is 3. The fourth-order valence-electron chi connectivity index (χ4n) is 5.38. The van der Waals surface area contributed by atoms with Crippen LogP contribution in [0.3, 0.4) is 0 Å². The van der Waals surface area contributed by atoms with Crippen LogP contribution in [0.2, 0.25) is 0 Å². The number of aromatic nitrogens is 1. The molecule has 3 aromatic rings. The van der Waals surface area contributed by atoms with E-state index in [1.807, 2.05) is 12.1 Å². The zero-order valence-electron chi connectivity index (χ0n) is 20.1. The number of aromatic amines is 1. The summed E-state index contributed by atoms with van der Waals surface area (Å²) in [6, 6.07) is 11.3. The maximum absolute atomic E-state index is 13.8. The number of nitrogens with zero attached hydrogens (tertiary/aromatic N) is 1. The van der Waals surface area contributed by atoms with Crippen LogP contribution < -0.4 is 0 Å². The van der Waals surface area contributed by atoms with Gasteiger partial charge in [-0.1, -0.05) is 29.8 Å². The van der Waals surface area contributed by atoms with Crippen LogP contribution in [0.4, 0.5) is 13.2 Å². The third-order valence-electron chi connectivity index (χ3n) is 7.27. The fraction of sp³-hybridized carbons (Fsp3) is 0.464. The average Bonchev–Trinajstić information content (AvgIpc) is 3.41. The lowest BCUT2D eigenvalue weighted by atomic mass is 9.81. The number of aliphatic hydroxyl groups is 1. The summed E-state index contributed by atoms with van der Waals surface area (Å²) in [4.78, 5) is 9.40. The van der Waals surface area contributed by atoms with Crippen molar-refractivity contribution >= 4 is 16.6 Å². The minimum Gasteiger partial charge on any atom is -0.390 e. The van der Waals surface area contributed by atoms with Gasteiger partial charge in [-0.25, -0.2) is 0 Å². The van der Waals surface area contributed by atoms with Gasteiger partial charge in [0.25, 0.3) is 0 Å². The van der Waals surface area contributed by atoms with Crippen LogP contribution in [-0.2, 0) is 17.4 Å². The van der Waals surface area contributed by atoms with E-state index in [0.29, 0.717) is 18.4 Å². The first-order chi connectivity index (χ1) is 16.5. The summed E-state index contributed by atoms with van der Waals surface area (Å²) >= 11 is 0. The molecule has 2 aliphatic rings. The van der Waals surface area contributed by atoms with Gasteiger partial charge >= 0.3 is 6.18 Å². The van der Waals surface area contributed by atoms with E-state index < -0.39 is 17.3 Å². The molecular weight excluding hydrogens is 453 g/mol. The van der Waals surface area contributed by atoms with Crippen LogP contribution in [0.1, 0.15) is 75.6 Å². The number of benzene rings is 2. The molecule has 1 aromatic heterocycles. The quantitative estimate of drug-likeness (QED) is 0.397. The average molecular weight is 485 g/mol. The third-order valence-corrected chi connectivity index (χ3v) is 7.27. The van der Waals surface area contributed by atoms with E-state index in [-0.39, 0.29) is 11.2 Å². The van der Waals surface area contributed by atoms with Gasteiger partial charge in [0.2, 0.25) is 0 Å². The van der Waals surface area contributed by atoms with E-state index in [0.717, 1.165) is 66.0 Å². The molecule has 0 bridgehead atoms. The maximum Gasteiger partial charge on any atom is 0.417 e. The molecule has 5 rings (SSSR count). The van der Waals surface area contributed by atoms with Gasteiger partial charge in [0, 0.05) is 17.3 Å². The van der Waals surface area contributed by atoms with Gasteiger partial charge in [0.05, 0.1) is 16.9 Å². The molecule has 7 heteroatoms. The molecule has 1 fully saturated rings. The predicted octanol–water partition coefficient (Wildman–Crippen LogP) is 7.38. The number of nitrogens with one attached hydrogen (secondary N) is 1. The number of rotatable bonds is 5. The van der Waals surface area contributed by atoms with Crippen molar-refractivity contribution in [2.75, 3.05) is 0 Å². The Morgan fingerprint density at radius 1 is 1.06 bits per heavy atom. The Labute approximate surface area is 203 Å². The molecule has 2 aromatic carbocycles. The monoisotopic (exact) mass is 484 g/mol. The summed E-state index contributed by atoms with van der Waals surface area (Å²) in [6.45, 7) is 3.47. The van der Waals surface area contributed by atoms with E-state index in [2.05, 4.69) is 10.1 Å². The molecule has 0 amide bonds. The minimum atomic E-state index is -4.45. The number of halogens is 3. The van der Waals surface area contributed by atoms with Crippen molar-refractivity contribution in [1.29, 1.82) is 0 Å². The number of H-pyrrole nitrogens is 1. The number of fused-ring (bicyclic) bond motifs is 1. The molecule has 1 saturated carbocycles. The molecule has 35 heavy (non-hydrogen) atoms. The van der Waals surface area contributed by atoms with Crippen LogP contribution in [0.5, 0.6) is 0 Å². The second-order valence-electron chi connectivity index (χ2n) is 10.7. The molecule has 2 heterocycles. The zero-order valence-corrected chi connectivity index (χ0v) is 20.1. The van der Waals surface area contributed by atoms with Crippen LogP contribution in [0.15, 0.2) is 47.6 Å². The van der Waals surface area contributed by atoms with Gasteiger partial charge in [-0.2, -0.15) is 13.2 Å². The summed E-state index contributed by atoms with van der Waals surface area (Å²) in [6.07, 6.45) is 2.78. The van der Waals surface area contributed by atoms with Crippen molar-refractivity contribution in [3.05, 3.63) is 59.3 Å². The lowest BCUT2D eigenvalue weighted by molar-refractivity contribution is -0.137. The zero-order chi connectivity index (χ0) is 24.8. The molecule has 2 N–H and O–H groups in total. The van der Waals surface area contributed by atoms with E-state index >= 15 is 0 Å². The Bertz CT molecular complexity index is 1260. The normalized spacial score (nSPS) is 18.2. The standard InChI is InChI=1S/C28H31F3N2O2/c1-26(2,34)13-10-18-14-19(21-8-4-5-9-22(21)28(29,30)31)15-20-16-23(32-25(18)20)24-17-27(35-33-24)11-6-3-7-12-27/h4-5,8-9,14-16,32,34H,3,6-7,10-13,17H2,1-2H3. The van der Waals surface area contributed by atoms with Crippen LogP contribution in [0.25, 0.3) is 22.0 Å². The number of alkyl halides is 3. The Hall–Kier alpha value is -2.80. The van der Waals surface area contributed by atoms with E-state index in [4.69, 9.17) is 4.84 Å². The summed E-state index contributed by atoms with van der Waals surface area (Å²) in [5, 5.41) is 15.6. The summed E-state index contributed by atoms with van der Waals surface area (Å²) in [5.41, 5.74) is 2.33. The van der Waals surface area contributed by atoms with Crippen molar-refractivity contribution < 1.29 is 23.1 Å². The summed E-state index contributed by atoms with van der Waals surface area (Å²) in [5.74, 6) is 0. The maximum atomic E-state index is 13.8. The van der Waals surface area contributed by atoms with E-state index in [9.17, 15) is 18.3 Å². The Kier molecular flexibility index (Phi) is 5.94. The molecule has 0 radical (unpaired) electrons. The number of oxime groups is 1. The second kappa shape index (κ2) is 8.70. The molecule has 1 spiro atoms. The van der Waals surface area contributed by atoms with Crippen LogP contribution in [-0.4, -0.2) is 27.0 Å². The first-order valence-corrected chi connectivity index (χ1v) is 12.3. The lowest BCUT2D eigenvalue weighted by Crippen LogP contribution is -2.31. The largest absolute Gasteiger partial charge is 0.417 e. The summed E-state index contributed by atoms with van der Waals surface area (Å²) in [7, 11) is 0. The van der Waals surface area contributed by atoms with Gasteiger partial charge in [0.1, 0.15) is 11.3 Å². The molecule has 0 atom stereocenters. The van der Waals surface area contributed by atoms with Crippen LogP contribution >= 0.6 is 0 Å². The first kappa shape index (κ1) is 23.9. The Morgan fingerprint density at radius 2 is 1.80 bits per heavy atom. The number of aryl methyl sites for hydroxylation is 1. The van der Waals surface area contributed by atoms with Gasteiger partial charge in [-0.05, 0) is 93.3 Å². The molecule has 1 aliphatic carbocycles.